The molecule has 0 aromatic carbocycles. The number of hydrogen-bond donors (Lipinski definition) is 1. The number of nitrogens with two attached hydrogens (primary N) is 1. The summed E-state index contributed by atoms with van der Waals surface area (Å²) in [5.41, 5.74) is 5.67. The van der Waals surface area contributed by atoms with Gasteiger partial charge in [0.15, 0.2) is 0 Å². The van der Waals surface area contributed by atoms with E-state index in [1.807, 2.05) is 0 Å². The molecule has 1 saturated heterocycles. The molecule has 0 aromatic heterocycles. The van der Waals surface area contributed by atoms with Crippen molar-refractivity contribution in [3.63, 3.8) is 0 Å². The second-order valence-corrected chi connectivity index (χ2v) is 7.71. The van der Waals surface area contributed by atoms with Gasteiger partial charge in [-0.3, -0.25) is 4.90 Å². The molecule has 1 atom stereocenters. The van der Waals surface area contributed by atoms with Gasteiger partial charge in [0.05, 0.1) is 11.2 Å². The van der Waals surface area contributed by atoms with E-state index < -0.39 is 0 Å². The maximum atomic E-state index is 6.14. The molecule has 1 rings (SSSR count). The maximum Gasteiger partial charge on any atom is 0.0760 e. The van der Waals surface area contributed by atoms with Crippen molar-refractivity contribution < 1.29 is 4.74 Å². The van der Waals surface area contributed by atoms with Gasteiger partial charge in [-0.2, -0.15) is 0 Å². The summed E-state index contributed by atoms with van der Waals surface area (Å²) in [5, 5.41) is 0. The summed E-state index contributed by atoms with van der Waals surface area (Å²) < 4.78 is 6.14. The van der Waals surface area contributed by atoms with Gasteiger partial charge in [0, 0.05) is 13.1 Å². The minimum Gasteiger partial charge on any atom is -0.367 e. The van der Waals surface area contributed by atoms with Crippen LogP contribution in [0, 0.1) is 5.92 Å². The van der Waals surface area contributed by atoms with Crippen molar-refractivity contribution in [1.29, 1.82) is 0 Å². The van der Waals surface area contributed by atoms with Gasteiger partial charge in [-0.15, -0.1) is 0 Å². The van der Waals surface area contributed by atoms with Gasteiger partial charge in [-0.25, -0.2) is 0 Å². The fraction of sp³-hybridized carbons (Fsp3) is 1.00. The summed E-state index contributed by atoms with van der Waals surface area (Å²) in [5.74, 6) is 0.826. The zero-order valence-corrected chi connectivity index (χ0v) is 14.4. The lowest BCUT2D eigenvalue weighted by Gasteiger charge is -2.47. The van der Waals surface area contributed by atoms with Crippen LogP contribution in [0.15, 0.2) is 0 Å². The predicted molar refractivity (Wildman–Crippen MR) is 87.0 cm³/mol. The molecule has 0 aromatic rings. The van der Waals surface area contributed by atoms with E-state index in [-0.39, 0.29) is 11.2 Å². The lowest BCUT2D eigenvalue weighted by atomic mass is 9.93. The summed E-state index contributed by atoms with van der Waals surface area (Å²) in [7, 11) is 0. The average molecular weight is 284 g/mol. The Morgan fingerprint density at radius 3 is 2.15 bits per heavy atom. The second kappa shape index (κ2) is 7.77. The lowest BCUT2D eigenvalue weighted by Crippen LogP contribution is -2.57. The van der Waals surface area contributed by atoms with E-state index >= 15 is 0 Å². The van der Waals surface area contributed by atoms with Gasteiger partial charge in [-0.1, -0.05) is 19.8 Å². The van der Waals surface area contributed by atoms with Crippen molar-refractivity contribution in [2.45, 2.75) is 77.9 Å². The van der Waals surface area contributed by atoms with Gasteiger partial charge in [-0.05, 0) is 66.0 Å². The number of hydrogen-bond acceptors (Lipinski definition) is 3. The topological polar surface area (TPSA) is 38.5 Å². The van der Waals surface area contributed by atoms with Crippen molar-refractivity contribution in [3.05, 3.63) is 0 Å². The summed E-state index contributed by atoms with van der Waals surface area (Å²) in [6.07, 6.45) is 6.41. The fourth-order valence-corrected chi connectivity index (χ4v) is 3.78. The highest BCUT2D eigenvalue weighted by atomic mass is 16.5. The Morgan fingerprint density at radius 1 is 1.05 bits per heavy atom. The Kier molecular flexibility index (Phi) is 6.96. The van der Waals surface area contributed by atoms with Gasteiger partial charge in [0.25, 0.3) is 0 Å². The Bertz CT molecular complexity index is 254. The quantitative estimate of drug-likeness (QED) is 0.742. The first-order valence-corrected chi connectivity index (χ1v) is 8.40. The number of ether oxygens (including phenoxy) is 1. The lowest BCUT2D eigenvalue weighted by molar-refractivity contribution is -0.180. The van der Waals surface area contributed by atoms with Crippen molar-refractivity contribution in [2.75, 3.05) is 26.2 Å². The Labute approximate surface area is 126 Å². The zero-order valence-electron chi connectivity index (χ0n) is 14.4. The van der Waals surface area contributed by atoms with E-state index in [4.69, 9.17) is 10.5 Å². The van der Waals surface area contributed by atoms with Crippen LogP contribution in [0.5, 0.6) is 0 Å². The standard InChI is InChI=1S/C17H36N2O/c1-6-8-15(10-11-18)9-7-12-19-13-16(2,3)20-17(4,5)14-19/h15H,6-14,18H2,1-5H3. The smallest absolute Gasteiger partial charge is 0.0760 e. The highest BCUT2D eigenvalue weighted by Crippen LogP contribution is 2.28. The van der Waals surface area contributed by atoms with E-state index in [1.165, 1.54) is 38.6 Å². The normalized spacial score (nSPS) is 23.7. The molecule has 1 aliphatic heterocycles. The molecule has 1 unspecified atom stereocenters. The number of nitrogens with zero attached hydrogens (tertiary/aromatic N) is 1. The van der Waals surface area contributed by atoms with Gasteiger partial charge < -0.3 is 10.5 Å². The highest BCUT2D eigenvalue weighted by Gasteiger charge is 2.37. The maximum absolute atomic E-state index is 6.14. The first-order chi connectivity index (χ1) is 9.28. The van der Waals surface area contributed by atoms with Gasteiger partial charge in [0.2, 0.25) is 0 Å². The summed E-state index contributed by atoms with van der Waals surface area (Å²) in [6.45, 7) is 15.2. The molecule has 0 saturated carbocycles. The van der Waals surface area contributed by atoms with Crippen molar-refractivity contribution >= 4 is 0 Å². The third-order valence-electron chi connectivity index (χ3n) is 4.12. The van der Waals surface area contributed by atoms with Crippen LogP contribution in [0.3, 0.4) is 0 Å². The molecule has 0 amide bonds. The summed E-state index contributed by atoms with van der Waals surface area (Å²) in [4.78, 5) is 2.58. The molecule has 0 bridgehead atoms. The molecule has 3 heteroatoms. The van der Waals surface area contributed by atoms with E-state index in [0.29, 0.717) is 0 Å². The van der Waals surface area contributed by atoms with E-state index in [0.717, 1.165) is 25.6 Å². The van der Waals surface area contributed by atoms with Crippen LogP contribution in [0.4, 0.5) is 0 Å². The van der Waals surface area contributed by atoms with Crippen LogP contribution in [0.2, 0.25) is 0 Å². The molecule has 3 nitrogen and oxygen atoms in total. The monoisotopic (exact) mass is 284 g/mol. The molecule has 1 aliphatic rings. The van der Waals surface area contributed by atoms with Gasteiger partial charge >= 0.3 is 0 Å². The average Bonchev–Trinajstić information content (AvgIpc) is 2.25. The van der Waals surface area contributed by atoms with Gasteiger partial charge in [0.1, 0.15) is 0 Å². The van der Waals surface area contributed by atoms with Crippen LogP contribution in [0.1, 0.15) is 66.7 Å². The number of rotatable bonds is 8. The SMILES string of the molecule is CCCC(CCN)CCCN1CC(C)(C)OC(C)(C)C1. The first-order valence-electron chi connectivity index (χ1n) is 8.40. The van der Waals surface area contributed by atoms with Crippen LogP contribution in [-0.2, 0) is 4.74 Å². The third-order valence-corrected chi connectivity index (χ3v) is 4.12. The van der Waals surface area contributed by atoms with E-state index in [2.05, 4.69) is 39.5 Å². The van der Waals surface area contributed by atoms with E-state index in [1.54, 1.807) is 0 Å². The largest absolute Gasteiger partial charge is 0.367 e. The molecule has 0 spiro atoms. The minimum absolute atomic E-state index is 0.0260. The third kappa shape index (κ3) is 6.55. The van der Waals surface area contributed by atoms with Crippen LogP contribution in [-0.4, -0.2) is 42.3 Å². The number of morpholine rings is 1. The van der Waals surface area contributed by atoms with Crippen LogP contribution < -0.4 is 5.73 Å². The minimum atomic E-state index is -0.0260. The molecule has 20 heavy (non-hydrogen) atoms. The molecule has 1 fully saturated rings. The Balaban J connectivity index is 2.36. The Hall–Kier alpha value is -0.120. The van der Waals surface area contributed by atoms with Crippen LogP contribution >= 0.6 is 0 Å². The predicted octanol–water partition coefficient (Wildman–Crippen LogP) is 3.42. The molecular formula is C17H36N2O. The molecule has 2 N–H and O–H groups in total. The first kappa shape index (κ1) is 17.9. The van der Waals surface area contributed by atoms with Crippen LogP contribution in [0.25, 0.3) is 0 Å². The fourth-order valence-electron chi connectivity index (χ4n) is 3.78. The van der Waals surface area contributed by atoms with Crippen molar-refractivity contribution in [3.8, 4) is 0 Å². The second-order valence-electron chi connectivity index (χ2n) is 7.71. The van der Waals surface area contributed by atoms with E-state index in [9.17, 15) is 0 Å². The van der Waals surface area contributed by atoms with Crippen molar-refractivity contribution in [1.82, 2.24) is 4.90 Å². The summed E-state index contributed by atoms with van der Waals surface area (Å²) >= 11 is 0. The molecular weight excluding hydrogens is 248 g/mol. The Morgan fingerprint density at radius 2 is 1.65 bits per heavy atom. The molecule has 120 valence electrons. The highest BCUT2D eigenvalue weighted by molar-refractivity contribution is 4.89. The zero-order chi connectivity index (χ0) is 15.2. The van der Waals surface area contributed by atoms with Crippen molar-refractivity contribution in [2.24, 2.45) is 11.7 Å². The molecule has 0 aliphatic carbocycles. The molecule has 1 heterocycles. The molecule has 0 radical (unpaired) electrons. The summed E-state index contributed by atoms with van der Waals surface area (Å²) in [6, 6.07) is 0.